The molecule has 2 heterocycles. The zero-order valence-electron chi connectivity index (χ0n) is 16.0. The van der Waals surface area contributed by atoms with Crippen LogP contribution in [0.5, 0.6) is 0 Å². The molecule has 1 saturated carbocycles. The van der Waals surface area contributed by atoms with Crippen molar-refractivity contribution in [2.75, 3.05) is 31.2 Å². The molecule has 150 valence electrons. The Morgan fingerprint density at radius 3 is 2.69 bits per heavy atom. The average Bonchev–Trinajstić information content (AvgIpc) is 3.11. The van der Waals surface area contributed by atoms with Gasteiger partial charge in [-0.3, -0.25) is 0 Å². The molecule has 4 atom stereocenters. The van der Waals surface area contributed by atoms with Crippen molar-refractivity contribution in [1.82, 2.24) is 10.6 Å². The van der Waals surface area contributed by atoms with Gasteiger partial charge >= 0.3 is 0 Å². The van der Waals surface area contributed by atoms with Crippen LogP contribution >= 0.6 is 24.0 Å². The third kappa shape index (κ3) is 4.73. The van der Waals surface area contributed by atoms with Gasteiger partial charge in [0.05, 0.1) is 24.2 Å². The maximum Gasteiger partial charge on any atom is 0.191 e. The number of nitrogens with zero attached hydrogens (tertiary/aromatic N) is 1. The van der Waals surface area contributed by atoms with E-state index in [4.69, 9.17) is 4.74 Å². The second-order valence-electron chi connectivity index (χ2n) is 8.46. The Morgan fingerprint density at radius 1 is 1.35 bits per heavy atom. The van der Waals surface area contributed by atoms with Crippen molar-refractivity contribution in [2.45, 2.75) is 45.8 Å². The van der Waals surface area contributed by atoms with Crippen LogP contribution in [-0.4, -0.2) is 57.7 Å². The molecular weight excluding hydrogens is 465 g/mol. The van der Waals surface area contributed by atoms with E-state index in [9.17, 15) is 8.42 Å². The van der Waals surface area contributed by atoms with Crippen LogP contribution in [0.15, 0.2) is 17.1 Å². The van der Waals surface area contributed by atoms with E-state index in [1.807, 2.05) is 6.92 Å². The maximum atomic E-state index is 11.6. The maximum absolute atomic E-state index is 11.6. The summed E-state index contributed by atoms with van der Waals surface area (Å²) in [7, 11) is -2.85. The first-order valence-electron chi connectivity index (χ1n) is 9.20. The lowest BCUT2D eigenvalue weighted by molar-refractivity contribution is -0.106. The Morgan fingerprint density at radius 2 is 2.08 bits per heavy atom. The van der Waals surface area contributed by atoms with Gasteiger partial charge in [-0.25, -0.2) is 13.4 Å². The fraction of sp³-hybridized carbons (Fsp3) is 0.833. The standard InChI is InChI=1S/C18H31N3O3S.HI/c1-12(2)9-19-17(20-10-13-6-8-25(22,23)11-13)21-15-14-5-7-24-16(14)18(15,3)4;/h13-16H,1,5-11H2,2-4H3,(H2,19,20,21);1H. The minimum absolute atomic E-state index is 0. The molecule has 0 amide bonds. The SMILES string of the molecule is C=C(C)CN=C(NCC1CCS(=O)(=O)C1)NC1C2CCOC2C1(C)C.I. The lowest BCUT2D eigenvalue weighted by atomic mass is 9.57. The van der Waals surface area contributed by atoms with Crippen LogP contribution < -0.4 is 10.6 Å². The molecule has 3 aliphatic rings. The Bertz CT molecular complexity index is 663. The van der Waals surface area contributed by atoms with Crippen molar-refractivity contribution in [3.63, 3.8) is 0 Å². The van der Waals surface area contributed by atoms with E-state index in [1.165, 1.54) is 0 Å². The van der Waals surface area contributed by atoms with Gasteiger partial charge in [-0.15, -0.1) is 24.0 Å². The molecule has 2 saturated heterocycles. The minimum Gasteiger partial charge on any atom is -0.377 e. The molecule has 1 aliphatic carbocycles. The summed E-state index contributed by atoms with van der Waals surface area (Å²) in [6.45, 7) is 12.4. The average molecular weight is 497 g/mol. The summed E-state index contributed by atoms with van der Waals surface area (Å²) in [4.78, 5) is 4.63. The molecule has 0 aromatic carbocycles. The smallest absolute Gasteiger partial charge is 0.191 e. The first-order chi connectivity index (χ1) is 11.7. The summed E-state index contributed by atoms with van der Waals surface area (Å²) in [6.07, 6.45) is 2.14. The lowest BCUT2D eigenvalue weighted by Crippen LogP contribution is -2.68. The first-order valence-corrected chi connectivity index (χ1v) is 11.0. The Hall–Kier alpha value is -0.350. The summed E-state index contributed by atoms with van der Waals surface area (Å²) in [5, 5.41) is 6.95. The fourth-order valence-corrected chi connectivity index (χ4v) is 6.27. The number of nitrogens with one attached hydrogen (secondary N) is 2. The number of hydrogen-bond donors (Lipinski definition) is 2. The van der Waals surface area contributed by atoms with Gasteiger partial charge in [0.25, 0.3) is 0 Å². The van der Waals surface area contributed by atoms with Crippen LogP contribution in [0.3, 0.4) is 0 Å². The van der Waals surface area contributed by atoms with Gasteiger partial charge in [-0.1, -0.05) is 26.0 Å². The monoisotopic (exact) mass is 497 g/mol. The van der Waals surface area contributed by atoms with E-state index in [2.05, 4.69) is 36.1 Å². The normalized spacial score (nSPS) is 34.3. The topological polar surface area (TPSA) is 79.8 Å². The van der Waals surface area contributed by atoms with Crippen molar-refractivity contribution < 1.29 is 13.2 Å². The molecular formula is C18H32IN3O3S. The zero-order valence-corrected chi connectivity index (χ0v) is 19.1. The van der Waals surface area contributed by atoms with Crippen LogP contribution in [0, 0.1) is 17.3 Å². The first kappa shape index (κ1) is 21.9. The quantitative estimate of drug-likeness (QED) is 0.263. The minimum atomic E-state index is -2.85. The Kier molecular flexibility index (Phi) is 7.04. The van der Waals surface area contributed by atoms with Gasteiger partial charge in [-0.05, 0) is 25.7 Å². The second kappa shape index (κ2) is 8.34. The molecule has 0 aromatic heterocycles. The molecule has 4 unspecified atom stereocenters. The number of rotatable bonds is 5. The van der Waals surface area contributed by atoms with Gasteiger partial charge in [0, 0.05) is 30.5 Å². The predicted molar refractivity (Wildman–Crippen MR) is 116 cm³/mol. The molecule has 0 spiro atoms. The summed E-state index contributed by atoms with van der Waals surface area (Å²) >= 11 is 0. The number of aliphatic imine (C=N–C) groups is 1. The highest BCUT2D eigenvalue weighted by Gasteiger charge is 2.59. The number of fused-ring (bicyclic) bond motifs is 1. The number of halogens is 1. The second-order valence-corrected chi connectivity index (χ2v) is 10.7. The molecule has 3 rings (SSSR count). The summed E-state index contributed by atoms with van der Waals surface area (Å²) < 4.78 is 29.1. The molecule has 26 heavy (non-hydrogen) atoms. The van der Waals surface area contributed by atoms with Crippen LogP contribution in [0.4, 0.5) is 0 Å². The predicted octanol–water partition coefficient (Wildman–Crippen LogP) is 1.96. The van der Waals surface area contributed by atoms with Gasteiger partial charge in [0.2, 0.25) is 0 Å². The molecule has 3 fully saturated rings. The third-order valence-corrected chi connectivity index (χ3v) is 7.62. The fourth-order valence-electron chi connectivity index (χ4n) is 4.41. The van der Waals surface area contributed by atoms with Crippen molar-refractivity contribution in [3.8, 4) is 0 Å². The van der Waals surface area contributed by atoms with Crippen molar-refractivity contribution in [1.29, 1.82) is 0 Å². The van der Waals surface area contributed by atoms with Gasteiger partial charge in [-0.2, -0.15) is 0 Å². The van der Waals surface area contributed by atoms with E-state index in [0.29, 0.717) is 36.9 Å². The van der Waals surface area contributed by atoms with Gasteiger partial charge in [0.15, 0.2) is 15.8 Å². The number of sulfone groups is 1. The molecule has 2 N–H and O–H groups in total. The summed E-state index contributed by atoms with van der Waals surface area (Å²) in [6, 6.07) is 0.323. The van der Waals surface area contributed by atoms with Crippen LogP contribution in [0.2, 0.25) is 0 Å². The molecule has 2 aliphatic heterocycles. The molecule has 8 heteroatoms. The van der Waals surface area contributed by atoms with E-state index < -0.39 is 9.84 Å². The van der Waals surface area contributed by atoms with Crippen molar-refractivity contribution in [3.05, 3.63) is 12.2 Å². The number of guanidine groups is 1. The largest absolute Gasteiger partial charge is 0.377 e. The molecule has 0 bridgehead atoms. The highest BCUT2D eigenvalue weighted by molar-refractivity contribution is 14.0. The Balaban J connectivity index is 0.00000243. The highest BCUT2D eigenvalue weighted by Crippen LogP contribution is 2.52. The molecule has 6 nitrogen and oxygen atoms in total. The zero-order chi connectivity index (χ0) is 18.2. The van der Waals surface area contributed by atoms with Gasteiger partial charge < -0.3 is 15.4 Å². The number of hydrogen-bond acceptors (Lipinski definition) is 4. The highest BCUT2D eigenvalue weighted by atomic mass is 127. The lowest BCUT2D eigenvalue weighted by Gasteiger charge is -2.55. The summed E-state index contributed by atoms with van der Waals surface area (Å²) in [5.74, 6) is 2.04. The van der Waals surface area contributed by atoms with Crippen LogP contribution in [0.1, 0.15) is 33.6 Å². The van der Waals surface area contributed by atoms with Crippen molar-refractivity contribution >= 4 is 39.8 Å². The Labute approximate surface area is 174 Å². The van der Waals surface area contributed by atoms with Crippen LogP contribution in [-0.2, 0) is 14.6 Å². The van der Waals surface area contributed by atoms with E-state index in [0.717, 1.165) is 31.0 Å². The summed E-state index contributed by atoms with van der Waals surface area (Å²) in [5.41, 5.74) is 1.07. The molecule has 0 aromatic rings. The van der Waals surface area contributed by atoms with E-state index >= 15 is 0 Å². The van der Waals surface area contributed by atoms with Gasteiger partial charge in [0.1, 0.15) is 0 Å². The van der Waals surface area contributed by atoms with E-state index in [-0.39, 0.29) is 41.1 Å². The van der Waals surface area contributed by atoms with Crippen molar-refractivity contribution in [2.24, 2.45) is 22.2 Å². The van der Waals surface area contributed by atoms with E-state index in [1.54, 1.807) is 0 Å². The number of ether oxygens (including phenoxy) is 1. The molecule has 0 radical (unpaired) electrons. The third-order valence-electron chi connectivity index (χ3n) is 5.78. The van der Waals surface area contributed by atoms with Crippen LogP contribution in [0.25, 0.3) is 0 Å².